The smallest absolute Gasteiger partial charge is 0.384 e. The maximum absolute atomic E-state index is 12.4. The number of aromatic nitrogens is 1. The van der Waals surface area contributed by atoms with Crippen LogP contribution in [0.1, 0.15) is 5.56 Å². The summed E-state index contributed by atoms with van der Waals surface area (Å²) in [4.78, 5) is 19.8. The molecule has 1 aromatic carbocycles. The van der Waals surface area contributed by atoms with Crippen LogP contribution in [-0.4, -0.2) is 22.7 Å². The molecule has 0 aliphatic heterocycles. The van der Waals surface area contributed by atoms with Crippen molar-refractivity contribution in [3.8, 4) is 0 Å². The second kappa shape index (κ2) is 8.38. The number of nitrogens with zero attached hydrogens (tertiary/aromatic N) is 2. The Bertz CT molecular complexity index is 737. The van der Waals surface area contributed by atoms with Crippen molar-refractivity contribution in [2.45, 2.75) is 11.2 Å². The number of amides is 1. The van der Waals surface area contributed by atoms with Crippen molar-refractivity contribution >= 4 is 29.4 Å². The molecule has 1 aromatic heterocycles. The molecular weight excluding hydrogens is 357 g/mol. The van der Waals surface area contributed by atoms with Crippen LogP contribution in [0.2, 0.25) is 0 Å². The second-order valence-corrected chi connectivity index (χ2v) is 5.62. The van der Waals surface area contributed by atoms with E-state index in [0.29, 0.717) is 10.7 Å². The quantitative estimate of drug-likeness (QED) is 0.275. The molecular formula is C15H13F3N4O2S. The van der Waals surface area contributed by atoms with Gasteiger partial charge < -0.3 is 5.73 Å². The number of para-hydroxylation sites is 1. The topological polar surface area (TPSA) is 89.6 Å². The molecule has 10 heteroatoms. The number of nitrogens with two attached hydrogens (primary N) is 1. The number of carbonyl (C=O) groups excluding carboxylic acids is 1. The predicted octanol–water partition coefficient (Wildman–Crippen LogP) is 3.71. The Morgan fingerprint density at radius 1 is 1.24 bits per heavy atom. The number of nitrogens with one attached hydrogen (secondary N) is 1. The SMILES string of the molecule is NC(CSc1ccc(C(F)(F)F)cn1)=NOC(=O)Nc1ccccc1. The Balaban J connectivity index is 1.80. The lowest BCUT2D eigenvalue weighted by atomic mass is 10.3. The zero-order valence-corrected chi connectivity index (χ0v) is 13.5. The molecule has 3 N–H and O–H groups in total. The van der Waals surface area contributed by atoms with Crippen LogP contribution in [0.25, 0.3) is 0 Å². The second-order valence-electron chi connectivity index (χ2n) is 4.62. The van der Waals surface area contributed by atoms with Crippen molar-refractivity contribution in [3.05, 3.63) is 54.2 Å². The number of alkyl halides is 3. The standard InChI is InChI=1S/C15H13F3N4O2S/c16-15(17,18)10-6-7-13(20-8-10)25-9-12(19)22-24-14(23)21-11-4-2-1-3-5-11/h1-8H,9H2,(H2,19,22)(H,21,23). The summed E-state index contributed by atoms with van der Waals surface area (Å²) in [7, 11) is 0. The number of amidine groups is 1. The van der Waals surface area contributed by atoms with Crippen molar-refractivity contribution in [2.24, 2.45) is 10.9 Å². The third-order valence-electron chi connectivity index (χ3n) is 2.70. The number of anilines is 1. The van der Waals surface area contributed by atoms with Gasteiger partial charge in [-0.3, -0.25) is 10.2 Å². The molecule has 25 heavy (non-hydrogen) atoms. The van der Waals surface area contributed by atoms with Crippen LogP contribution < -0.4 is 11.1 Å². The number of pyridine rings is 1. The minimum absolute atomic E-state index is 0.0186. The van der Waals surface area contributed by atoms with Gasteiger partial charge >= 0.3 is 12.3 Å². The van der Waals surface area contributed by atoms with E-state index in [1.807, 2.05) is 0 Å². The highest BCUT2D eigenvalue weighted by Crippen LogP contribution is 2.29. The first-order valence-corrected chi connectivity index (χ1v) is 7.84. The molecule has 2 aromatic rings. The number of oxime groups is 1. The van der Waals surface area contributed by atoms with E-state index >= 15 is 0 Å². The molecule has 0 unspecified atom stereocenters. The zero-order valence-electron chi connectivity index (χ0n) is 12.7. The van der Waals surface area contributed by atoms with E-state index in [9.17, 15) is 18.0 Å². The Kier molecular flexibility index (Phi) is 6.23. The van der Waals surface area contributed by atoms with Gasteiger partial charge in [0.15, 0.2) is 5.84 Å². The molecule has 6 nitrogen and oxygen atoms in total. The van der Waals surface area contributed by atoms with Crippen LogP contribution in [0.5, 0.6) is 0 Å². The monoisotopic (exact) mass is 370 g/mol. The van der Waals surface area contributed by atoms with Gasteiger partial charge in [-0.15, -0.1) is 0 Å². The molecule has 0 aliphatic rings. The summed E-state index contributed by atoms with van der Waals surface area (Å²) in [5.41, 5.74) is 5.28. The van der Waals surface area contributed by atoms with Crippen LogP contribution in [0.4, 0.5) is 23.7 Å². The lowest BCUT2D eigenvalue weighted by Gasteiger charge is -2.06. The molecule has 1 amide bonds. The van der Waals surface area contributed by atoms with E-state index in [1.165, 1.54) is 6.07 Å². The molecule has 0 saturated heterocycles. The maximum atomic E-state index is 12.4. The third kappa shape index (κ3) is 6.34. The van der Waals surface area contributed by atoms with Gasteiger partial charge in [-0.25, -0.2) is 9.78 Å². The summed E-state index contributed by atoms with van der Waals surface area (Å²) in [6.45, 7) is 0. The first-order valence-electron chi connectivity index (χ1n) is 6.86. The minimum atomic E-state index is -4.43. The largest absolute Gasteiger partial charge is 0.437 e. The molecule has 0 atom stereocenters. The summed E-state index contributed by atoms with van der Waals surface area (Å²) in [5.74, 6) is 0.0756. The lowest BCUT2D eigenvalue weighted by molar-refractivity contribution is -0.137. The normalized spacial score (nSPS) is 11.9. The average molecular weight is 370 g/mol. The molecule has 1 heterocycles. The van der Waals surface area contributed by atoms with Crippen LogP contribution in [-0.2, 0) is 11.0 Å². The van der Waals surface area contributed by atoms with Crippen molar-refractivity contribution in [1.82, 2.24) is 4.98 Å². The van der Waals surface area contributed by atoms with Gasteiger partial charge in [-0.05, 0) is 24.3 Å². The third-order valence-corrected chi connectivity index (χ3v) is 3.67. The van der Waals surface area contributed by atoms with E-state index in [-0.39, 0.29) is 11.6 Å². The first kappa shape index (κ1) is 18.6. The molecule has 0 fully saturated rings. The highest BCUT2D eigenvalue weighted by atomic mass is 32.2. The van der Waals surface area contributed by atoms with Gasteiger partial charge in [0.25, 0.3) is 0 Å². The van der Waals surface area contributed by atoms with Crippen molar-refractivity contribution in [1.29, 1.82) is 0 Å². The average Bonchev–Trinajstić information content (AvgIpc) is 2.58. The van der Waals surface area contributed by atoms with Gasteiger partial charge in [0, 0.05) is 11.9 Å². The molecule has 132 valence electrons. The Morgan fingerprint density at radius 2 is 1.96 bits per heavy atom. The Morgan fingerprint density at radius 3 is 2.56 bits per heavy atom. The molecule has 0 radical (unpaired) electrons. The summed E-state index contributed by atoms with van der Waals surface area (Å²) >= 11 is 1.06. The summed E-state index contributed by atoms with van der Waals surface area (Å²) in [5, 5.41) is 6.22. The van der Waals surface area contributed by atoms with Crippen LogP contribution >= 0.6 is 11.8 Å². The molecule has 2 rings (SSSR count). The van der Waals surface area contributed by atoms with E-state index in [0.717, 1.165) is 24.0 Å². The maximum Gasteiger partial charge on any atom is 0.437 e. The Labute approximate surface area is 145 Å². The fourth-order valence-corrected chi connectivity index (χ4v) is 2.21. The lowest BCUT2D eigenvalue weighted by Crippen LogP contribution is -2.18. The predicted molar refractivity (Wildman–Crippen MR) is 88.1 cm³/mol. The van der Waals surface area contributed by atoms with Crippen molar-refractivity contribution in [3.63, 3.8) is 0 Å². The van der Waals surface area contributed by atoms with E-state index in [2.05, 4.69) is 20.3 Å². The van der Waals surface area contributed by atoms with E-state index < -0.39 is 17.8 Å². The summed E-state index contributed by atoms with van der Waals surface area (Å²) in [6.07, 6.45) is -4.51. The highest BCUT2D eigenvalue weighted by molar-refractivity contribution is 7.99. The number of hydrogen-bond acceptors (Lipinski definition) is 5. The Hall–Kier alpha value is -2.75. The van der Waals surface area contributed by atoms with Crippen LogP contribution in [0.3, 0.4) is 0 Å². The molecule has 0 aliphatic carbocycles. The fraction of sp³-hybridized carbons (Fsp3) is 0.133. The van der Waals surface area contributed by atoms with Crippen LogP contribution in [0, 0.1) is 0 Å². The highest BCUT2D eigenvalue weighted by Gasteiger charge is 2.30. The fourth-order valence-electron chi connectivity index (χ4n) is 1.57. The van der Waals surface area contributed by atoms with Gasteiger partial charge in [-0.2, -0.15) is 13.2 Å². The number of benzene rings is 1. The molecule has 0 bridgehead atoms. The minimum Gasteiger partial charge on any atom is -0.384 e. The van der Waals surface area contributed by atoms with Crippen molar-refractivity contribution in [2.75, 3.05) is 11.1 Å². The van der Waals surface area contributed by atoms with E-state index in [1.54, 1.807) is 30.3 Å². The molecule has 0 spiro atoms. The number of rotatable bonds is 5. The van der Waals surface area contributed by atoms with Crippen molar-refractivity contribution < 1.29 is 22.8 Å². The summed E-state index contributed by atoms with van der Waals surface area (Å²) < 4.78 is 37.3. The first-order chi connectivity index (χ1) is 11.8. The number of thioether (sulfide) groups is 1. The zero-order chi connectivity index (χ0) is 18.3. The summed E-state index contributed by atoms with van der Waals surface area (Å²) in [6, 6.07) is 10.7. The van der Waals surface area contributed by atoms with Gasteiger partial charge in [0.2, 0.25) is 0 Å². The molecule has 0 saturated carbocycles. The van der Waals surface area contributed by atoms with Gasteiger partial charge in [-0.1, -0.05) is 35.1 Å². The number of carbonyl (C=O) groups is 1. The van der Waals surface area contributed by atoms with Gasteiger partial charge in [0.05, 0.1) is 16.3 Å². The van der Waals surface area contributed by atoms with E-state index in [4.69, 9.17) is 5.73 Å². The number of hydrogen-bond donors (Lipinski definition) is 2. The number of halogens is 3. The van der Waals surface area contributed by atoms with Gasteiger partial charge in [0.1, 0.15) is 0 Å². The van der Waals surface area contributed by atoms with Crippen LogP contribution in [0.15, 0.2) is 58.8 Å².